The van der Waals surface area contributed by atoms with Crippen molar-refractivity contribution in [3.05, 3.63) is 43.6 Å². The van der Waals surface area contributed by atoms with Gasteiger partial charge in [-0.2, -0.15) is 4.37 Å². The molecule has 0 saturated carbocycles. The molecule has 0 unspecified atom stereocenters. The zero-order chi connectivity index (χ0) is 15.7. The maximum atomic E-state index is 12.6. The van der Waals surface area contributed by atoms with E-state index in [2.05, 4.69) is 4.37 Å². The number of aryl methyl sites for hydroxylation is 1. The van der Waals surface area contributed by atoms with E-state index < -0.39 is 5.97 Å². The van der Waals surface area contributed by atoms with Gasteiger partial charge in [-0.25, -0.2) is 4.79 Å². The third-order valence-corrected chi connectivity index (χ3v) is 5.02. The third-order valence-electron chi connectivity index (χ3n) is 2.83. The lowest BCUT2D eigenvalue weighted by atomic mass is 10.2. The van der Waals surface area contributed by atoms with E-state index in [-0.39, 0.29) is 11.5 Å². The van der Waals surface area contributed by atoms with Crippen LogP contribution in [0.2, 0.25) is 5.02 Å². The van der Waals surface area contributed by atoms with Crippen LogP contribution in [0.4, 0.5) is 5.00 Å². The van der Waals surface area contributed by atoms with Gasteiger partial charge in [0.05, 0.1) is 11.3 Å². The second kappa shape index (κ2) is 6.29. The Morgan fingerprint density at radius 3 is 2.71 bits per heavy atom. The van der Waals surface area contributed by atoms with Crippen LogP contribution in [-0.4, -0.2) is 28.4 Å². The minimum absolute atomic E-state index is 0.0490. The largest absolute Gasteiger partial charge is 0.478 e. The average molecular weight is 437 g/mol. The lowest BCUT2D eigenvalue weighted by Gasteiger charge is -2.17. The number of hydrogen-bond donors (Lipinski definition) is 1. The maximum Gasteiger partial charge on any atom is 0.340 e. The van der Waals surface area contributed by atoms with Crippen LogP contribution >= 0.6 is 45.7 Å². The fraction of sp³-hybridized carbons (Fsp3) is 0.154. The van der Waals surface area contributed by atoms with E-state index >= 15 is 0 Å². The molecule has 0 aliphatic rings. The summed E-state index contributed by atoms with van der Waals surface area (Å²) in [4.78, 5) is 25.1. The lowest BCUT2D eigenvalue weighted by Crippen LogP contribution is -2.27. The van der Waals surface area contributed by atoms with Crippen molar-refractivity contribution in [2.24, 2.45) is 0 Å². The van der Waals surface area contributed by atoms with Gasteiger partial charge in [0.25, 0.3) is 5.91 Å². The smallest absolute Gasteiger partial charge is 0.340 e. The van der Waals surface area contributed by atoms with Crippen molar-refractivity contribution in [2.45, 2.75) is 6.92 Å². The first-order chi connectivity index (χ1) is 9.82. The lowest BCUT2D eigenvalue weighted by molar-refractivity contribution is 0.0697. The van der Waals surface area contributed by atoms with Gasteiger partial charge >= 0.3 is 5.97 Å². The van der Waals surface area contributed by atoms with Gasteiger partial charge in [-0.1, -0.05) is 11.6 Å². The summed E-state index contributed by atoms with van der Waals surface area (Å²) in [5.74, 6) is -1.43. The van der Waals surface area contributed by atoms with Crippen LogP contribution in [-0.2, 0) is 0 Å². The Hall–Kier alpha value is -1.19. The molecular weight excluding hydrogens is 427 g/mol. The number of carboxylic acids is 1. The predicted molar refractivity (Wildman–Crippen MR) is 90.7 cm³/mol. The SMILES string of the molecule is Cc1nsc(N(C)C(=O)c2cc(Cl)ccc2I)c1C(=O)O. The molecule has 1 aromatic carbocycles. The number of aromatic carboxylic acids is 1. The minimum atomic E-state index is -1.10. The van der Waals surface area contributed by atoms with Gasteiger partial charge < -0.3 is 10.0 Å². The molecule has 0 bridgehead atoms. The summed E-state index contributed by atoms with van der Waals surface area (Å²) >= 11 is 8.94. The van der Waals surface area contributed by atoms with Crippen LogP contribution < -0.4 is 4.90 Å². The monoisotopic (exact) mass is 436 g/mol. The van der Waals surface area contributed by atoms with Crippen LogP contribution in [0.3, 0.4) is 0 Å². The molecule has 0 aliphatic carbocycles. The highest BCUT2D eigenvalue weighted by Crippen LogP contribution is 2.30. The Kier molecular flexibility index (Phi) is 4.84. The zero-order valence-corrected chi connectivity index (χ0v) is 14.8. The van der Waals surface area contributed by atoms with E-state index in [1.165, 1.54) is 11.9 Å². The first-order valence-corrected chi connectivity index (χ1v) is 7.98. The molecule has 0 atom stereocenters. The number of rotatable bonds is 3. The Balaban J connectivity index is 2.45. The number of hydrogen-bond acceptors (Lipinski definition) is 4. The van der Waals surface area contributed by atoms with E-state index in [4.69, 9.17) is 11.6 Å². The molecule has 1 heterocycles. The number of carboxylic acid groups (broad SMARTS) is 1. The van der Waals surface area contributed by atoms with Gasteiger partial charge in [0, 0.05) is 15.6 Å². The van der Waals surface area contributed by atoms with E-state index in [0.717, 1.165) is 15.1 Å². The maximum absolute atomic E-state index is 12.6. The van der Waals surface area contributed by atoms with Gasteiger partial charge in [-0.15, -0.1) is 0 Å². The molecule has 2 rings (SSSR count). The molecule has 0 radical (unpaired) electrons. The molecule has 2 aromatic rings. The fourth-order valence-corrected chi connectivity index (χ4v) is 3.35. The second-order valence-electron chi connectivity index (χ2n) is 4.24. The van der Waals surface area contributed by atoms with Gasteiger partial charge in [-0.3, -0.25) is 4.79 Å². The Morgan fingerprint density at radius 2 is 2.10 bits per heavy atom. The van der Waals surface area contributed by atoms with Crippen molar-refractivity contribution < 1.29 is 14.7 Å². The van der Waals surface area contributed by atoms with Crippen molar-refractivity contribution in [1.82, 2.24) is 4.37 Å². The third kappa shape index (κ3) is 3.19. The first kappa shape index (κ1) is 16.2. The molecule has 1 amide bonds. The minimum Gasteiger partial charge on any atom is -0.478 e. The zero-order valence-electron chi connectivity index (χ0n) is 11.1. The van der Waals surface area contributed by atoms with Crippen LogP contribution in [0.25, 0.3) is 0 Å². The predicted octanol–water partition coefficient (Wildman–Crippen LogP) is 3.68. The Bertz CT molecular complexity index is 732. The summed E-state index contributed by atoms with van der Waals surface area (Å²) in [5, 5.41) is 10.00. The number of nitrogens with zero attached hydrogens (tertiary/aromatic N) is 2. The molecule has 8 heteroatoms. The van der Waals surface area contributed by atoms with Crippen LogP contribution in [0.5, 0.6) is 0 Å². The number of amides is 1. The summed E-state index contributed by atoms with van der Waals surface area (Å²) in [6, 6.07) is 5.00. The molecule has 110 valence electrons. The van der Waals surface area contributed by atoms with Gasteiger partial charge in [0.15, 0.2) is 0 Å². The van der Waals surface area contributed by atoms with E-state index in [9.17, 15) is 14.7 Å². The quantitative estimate of drug-likeness (QED) is 0.745. The van der Waals surface area contributed by atoms with Crippen molar-refractivity contribution in [3.63, 3.8) is 0 Å². The van der Waals surface area contributed by atoms with Crippen molar-refractivity contribution in [2.75, 3.05) is 11.9 Å². The molecule has 1 aromatic heterocycles. The molecule has 5 nitrogen and oxygen atoms in total. The van der Waals surface area contributed by atoms with Crippen LogP contribution in [0, 0.1) is 10.5 Å². The summed E-state index contributed by atoms with van der Waals surface area (Å²) < 4.78 is 4.76. The van der Waals surface area contributed by atoms with Crippen LogP contribution in [0.1, 0.15) is 26.4 Å². The van der Waals surface area contributed by atoms with E-state index in [0.29, 0.717) is 21.3 Å². The number of halogens is 2. The number of carbonyl (C=O) groups excluding carboxylic acids is 1. The summed E-state index contributed by atoms with van der Waals surface area (Å²) in [6.45, 7) is 1.60. The number of anilines is 1. The molecule has 0 fully saturated rings. The normalized spacial score (nSPS) is 10.5. The molecule has 0 aliphatic heterocycles. The second-order valence-corrected chi connectivity index (χ2v) is 6.59. The van der Waals surface area contributed by atoms with Crippen molar-refractivity contribution in [3.8, 4) is 0 Å². The molecule has 0 saturated heterocycles. The van der Waals surface area contributed by atoms with Crippen LogP contribution in [0.15, 0.2) is 18.2 Å². The summed E-state index contributed by atoms with van der Waals surface area (Å²) in [7, 11) is 1.53. The molecule has 21 heavy (non-hydrogen) atoms. The number of aromatic nitrogens is 1. The van der Waals surface area contributed by atoms with Crippen molar-refractivity contribution >= 4 is 62.6 Å². The highest BCUT2D eigenvalue weighted by molar-refractivity contribution is 14.1. The Labute approximate surface area is 143 Å². The van der Waals surface area contributed by atoms with Gasteiger partial charge in [0.2, 0.25) is 0 Å². The average Bonchev–Trinajstić information content (AvgIpc) is 2.81. The van der Waals surface area contributed by atoms with Gasteiger partial charge in [-0.05, 0) is 59.2 Å². The van der Waals surface area contributed by atoms with E-state index in [1.54, 1.807) is 25.1 Å². The van der Waals surface area contributed by atoms with Crippen molar-refractivity contribution in [1.29, 1.82) is 0 Å². The highest BCUT2D eigenvalue weighted by atomic mass is 127. The number of benzene rings is 1. The van der Waals surface area contributed by atoms with E-state index in [1.807, 2.05) is 22.6 Å². The molecular formula is C13H10ClIN2O3S. The molecule has 0 spiro atoms. The topological polar surface area (TPSA) is 70.5 Å². The standard InChI is InChI=1S/C13H10ClIN2O3S/c1-6-10(13(19)20)12(21-16-6)17(2)11(18)8-5-7(14)3-4-9(8)15/h3-5H,1-2H3,(H,19,20). The van der Waals surface area contributed by atoms with Gasteiger partial charge in [0.1, 0.15) is 10.6 Å². The Morgan fingerprint density at radius 1 is 1.43 bits per heavy atom. The fourth-order valence-electron chi connectivity index (χ4n) is 1.77. The highest BCUT2D eigenvalue weighted by Gasteiger charge is 2.25. The molecule has 1 N–H and O–H groups in total. The number of carbonyl (C=O) groups is 2. The summed E-state index contributed by atoms with van der Waals surface area (Å²) in [6.07, 6.45) is 0. The summed E-state index contributed by atoms with van der Waals surface area (Å²) in [5.41, 5.74) is 0.865. The first-order valence-electron chi connectivity index (χ1n) is 5.75.